The Labute approximate surface area is 222 Å². The lowest BCUT2D eigenvalue weighted by Crippen LogP contribution is -2.37. The lowest BCUT2D eigenvalue weighted by Gasteiger charge is -2.38. The number of carboxylic acids is 1. The molecule has 0 amide bonds. The number of carboxylic acid groups (broad SMARTS) is 1. The highest BCUT2D eigenvalue weighted by molar-refractivity contribution is 7.22. The summed E-state index contributed by atoms with van der Waals surface area (Å²) in [5, 5.41) is 12.0. The lowest BCUT2D eigenvalue weighted by atomic mass is 9.80. The number of aromatic carboxylic acids is 1. The zero-order chi connectivity index (χ0) is 26.3. The van der Waals surface area contributed by atoms with Crippen molar-refractivity contribution >= 4 is 38.3 Å². The molecule has 0 spiro atoms. The molecule has 1 saturated carbocycles. The van der Waals surface area contributed by atoms with Crippen molar-refractivity contribution < 1.29 is 19.4 Å². The second-order valence-corrected chi connectivity index (χ2v) is 11.9. The fourth-order valence-electron chi connectivity index (χ4n) is 5.62. The Morgan fingerprint density at radius 2 is 1.89 bits per heavy atom. The molecule has 0 atom stereocenters. The summed E-state index contributed by atoms with van der Waals surface area (Å²) in [6.45, 7) is 11.0. The molecule has 1 aliphatic carbocycles. The van der Waals surface area contributed by atoms with Gasteiger partial charge in [-0.25, -0.2) is 9.78 Å². The van der Waals surface area contributed by atoms with Crippen molar-refractivity contribution in [2.24, 2.45) is 5.92 Å². The van der Waals surface area contributed by atoms with Crippen molar-refractivity contribution in [2.45, 2.75) is 72.0 Å². The first-order valence-corrected chi connectivity index (χ1v) is 13.9. The molecular weight excluding hydrogens is 482 g/mol. The van der Waals surface area contributed by atoms with Gasteiger partial charge in [0.05, 0.1) is 45.3 Å². The van der Waals surface area contributed by atoms with Gasteiger partial charge in [-0.15, -0.1) is 11.3 Å². The topological polar surface area (TPSA) is 68.7 Å². The first-order valence-electron chi connectivity index (χ1n) is 13.1. The third-order valence-corrected chi connectivity index (χ3v) is 8.88. The molecule has 5 nitrogen and oxygen atoms in total. The van der Waals surface area contributed by atoms with Crippen molar-refractivity contribution in [2.75, 3.05) is 6.61 Å². The van der Waals surface area contributed by atoms with E-state index in [2.05, 4.69) is 39.8 Å². The van der Waals surface area contributed by atoms with Crippen LogP contribution in [0.4, 0.5) is 0 Å². The Bertz CT molecular complexity index is 1460. The van der Waals surface area contributed by atoms with E-state index in [-0.39, 0.29) is 17.3 Å². The van der Waals surface area contributed by atoms with E-state index >= 15 is 0 Å². The smallest absolute Gasteiger partial charge is 0.336 e. The van der Waals surface area contributed by atoms with E-state index in [0.717, 1.165) is 41.7 Å². The molecule has 0 unspecified atom stereocenters. The Hall–Kier alpha value is -2.96. The maximum atomic E-state index is 12.5. The number of pyridine rings is 1. The van der Waals surface area contributed by atoms with E-state index < -0.39 is 5.97 Å². The zero-order valence-corrected chi connectivity index (χ0v) is 23.1. The van der Waals surface area contributed by atoms with Crippen LogP contribution in [-0.4, -0.2) is 34.4 Å². The predicted octanol–water partition coefficient (Wildman–Crippen LogP) is 8.18. The normalized spacial score (nSPS) is 20.1. The second-order valence-electron chi connectivity index (χ2n) is 10.9. The fraction of sp³-hybridized carbons (Fsp3) is 0.419. The van der Waals surface area contributed by atoms with E-state index in [0.29, 0.717) is 34.9 Å². The Balaban J connectivity index is 1.47. The van der Waals surface area contributed by atoms with Crippen LogP contribution in [0.2, 0.25) is 0 Å². The standard InChI is InChI=1S/C31H35NO4S/c1-18(2)36-31(5)14-12-21(13-15-31)17-35-25-11-10-19(3)28-27(25)23(30(33)34)16-24(32-28)29-20(4)22-8-6-7-9-26(22)37-29/h6-11,16,18,21H,12-15,17H2,1-5H3,(H,33,34)/t21-,31-. The molecule has 37 heavy (non-hydrogen) atoms. The third-order valence-electron chi connectivity index (χ3n) is 7.59. The minimum atomic E-state index is -0.970. The largest absolute Gasteiger partial charge is 0.493 e. The van der Waals surface area contributed by atoms with Gasteiger partial charge in [-0.1, -0.05) is 24.3 Å². The number of thiophene rings is 1. The van der Waals surface area contributed by atoms with E-state index in [1.165, 1.54) is 10.1 Å². The third kappa shape index (κ3) is 5.10. The van der Waals surface area contributed by atoms with Gasteiger partial charge in [-0.3, -0.25) is 0 Å². The number of hydrogen-bond donors (Lipinski definition) is 1. The van der Waals surface area contributed by atoms with Gasteiger partial charge < -0.3 is 14.6 Å². The van der Waals surface area contributed by atoms with Crippen molar-refractivity contribution in [3.8, 4) is 16.3 Å². The van der Waals surface area contributed by atoms with Crippen LogP contribution in [0.3, 0.4) is 0 Å². The van der Waals surface area contributed by atoms with Gasteiger partial charge in [0.25, 0.3) is 0 Å². The molecule has 0 bridgehead atoms. The molecule has 1 fully saturated rings. The molecule has 4 aromatic rings. The summed E-state index contributed by atoms with van der Waals surface area (Å²) in [6.07, 6.45) is 4.31. The minimum Gasteiger partial charge on any atom is -0.493 e. The van der Waals surface area contributed by atoms with E-state index in [4.69, 9.17) is 14.5 Å². The van der Waals surface area contributed by atoms with E-state index in [1.54, 1.807) is 17.4 Å². The monoisotopic (exact) mass is 517 g/mol. The average molecular weight is 518 g/mol. The zero-order valence-electron chi connectivity index (χ0n) is 22.3. The van der Waals surface area contributed by atoms with Gasteiger partial charge in [0.1, 0.15) is 5.75 Å². The summed E-state index contributed by atoms with van der Waals surface area (Å²) < 4.78 is 13.7. The summed E-state index contributed by atoms with van der Waals surface area (Å²) in [5.41, 5.74) is 3.61. The van der Waals surface area contributed by atoms with Crippen LogP contribution in [0.1, 0.15) is 67.9 Å². The molecular formula is C31H35NO4S. The van der Waals surface area contributed by atoms with Crippen LogP contribution in [0, 0.1) is 19.8 Å². The van der Waals surface area contributed by atoms with Crippen LogP contribution >= 0.6 is 11.3 Å². The summed E-state index contributed by atoms with van der Waals surface area (Å²) in [7, 11) is 0. The van der Waals surface area contributed by atoms with Gasteiger partial charge >= 0.3 is 5.97 Å². The molecule has 5 rings (SSSR count). The molecule has 1 aliphatic rings. The van der Waals surface area contributed by atoms with Crippen molar-refractivity contribution in [1.82, 2.24) is 4.98 Å². The minimum absolute atomic E-state index is 0.0667. The number of aryl methyl sites for hydroxylation is 2. The second kappa shape index (κ2) is 10.1. The molecule has 0 saturated heterocycles. The molecule has 1 N–H and O–H groups in total. The summed E-state index contributed by atoms with van der Waals surface area (Å²) in [6, 6.07) is 13.8. The van der Waals surface area contributed by atoms with Gasteiger partial charge in [0.15, 0.2) is 0 Å². The molecule has 0 aliphatic heterocycles. The first kappa shape index (κ1) is 25.7. The van der Waals surface area contributed by atoms with Crippen LogP contribution < -0.4 is 4.74 Å². The van der Waals surface area contributed by atoms with Crippen LogP contribution in [0.5, 0.6) is 5.75 Å². The summed E-state index contributed by atoms with van der Waals surface area (Å²) >= 11 is 1.65. The highest BCUT2D eigenvalue weighted by Gasteiger charge is 2.33. The van der Waals surface area contributed by atoms with Gasteiger partial charge in [0, 0.05) is 4.70 Å². The first-order chi connectivity index (χ1) is 17.6. The van der Waals surface area contributed by atoms with Crippen LogP contribution in [-0.2, 0) is 4.74 Å². The molecule has 2 aromatic heterocycles. The number of fused-ring (bicyclic) bond motifs is 2. The molecule has 2 aromatic carbocycles. The SMILES string of the molecule is Cc1c(-c2cc(C(=O)O)c3c(OC[C@H]4CC[C@](C)(OC(C)C)CC4)ccc(C)c3n2)sc2ccccc12. The number of aromatic nitrogens is 1. The Morgan fingerprint density at radius 3 is 2.57 bits per heavy atom. The van der Waals surface area contributed by atoms with Crippen molar-refractivity contribution in [1.29, 1.82) is 0 Å². The Morgan fingerprint density at radius 1 is 1.16 bits per heavy atom. The average Bonchev–Trinajstić information content (AvgIpc) is 3.20. The maximum Gasteiger partial charge on any atom is 0.336 e. The summed E-state index contributed by atoms with van der Waals surface area (Å²) in [5.74, 6) is 0.0425. The molecule has 2 heterocycles. The molecule has 6 heteroatoms. The van der Waals surface area contributed by atoms with E-state index in [9.17, 15) is 9.90 Å². The highest BCUT2D eigenvalue weighted by Crippen LogP contribution is 2.41. The summed E-state index contributed by atoms with van der Waals surface area (Å²) in [4.78, 5) is 18.5. The maximum absolute atomic E-state index is 12.5. The van der Waals surface area contributed by atoms with Crippen LogP contribution in [0.15, 0.2) is 42.5 Å². The van der Waals surface area contributed by atoms with Crippen molar-refractivity contribution in [3.63, 3.8) is 0 Å². The Kier molecular flexibility index (Phi) is 6.99. The number of ether oxygens (including phenoxy) is 2. The van der Waals surface area contributed by atoms with Gasteiger partial charge in [-0.05, 0) is 101 Å². The predicted molar refractivity (Wildman–Crippen MR) is 151 cm³/mol. The van der Waals surface area contributed by atoms with Crippen molar-refractivity contribution in [3.05, 3.63) is 59.2 Å². The molecule has 0 radical (unpaired) electrons. The van der Waals surface area contributed by atoms with E-state index in [1.807, 2.05) is 31.2 Å². The fourth-order valence-corrected chi connectivity index (χ4v) is 6.79. The number of hydrogen-bond acceptors (Lipinski definition) is 5. The highest BCUT2D eigenvalue weighted by atomic mass is 32.1. The van der Waals surface area contributed by atoms with Crippen LogP contribution in [0.25, 0.3) is 31.6 Å². The number of benzene rings is 2. The number of nitrogens with zero attached hydrogens (tertiary/aromatic N) is 1. The van der Waals surface area contributed by atoms with Gasteiger partial charge in [0.2, 0.25) is 0 Å². The quantitative estimate of drug-likeness (QED) is 0.268. The molecule has 194 valence electrons. The van der Waals surface area contributed by atoms with Gasteiger partial charge in [-0.2, -0.15) is 0 Å². The number of rotatable bonds is 7. The lowest BCUT2D eigenvalue weighted by molar-refractivity contribution is -0.0970. The number of carbonyl (C=O) groups is 1.